The third-order valence-corrected chi connectivity index (χ3v) is 3.40. The monoisotopic (exact) mass is 282 g/mol. The maximum atomic E-state index is 11.7. The second kappa shape index (κ2) is 9.85. The molecule has 1 aromatic rings. The molecule has 0 saturated heterocycles. The zero-order chi connectivity index (χ0) is 13.9. The first-order valence-corrected chi connectivity index (χ1v) is 7.55. The number of hydrogen-bond donors (Lipinski definition) is 0. The normalized spacial score (nSPS) is 10.4. The molecule has 19 heavy (non-hydrogen) atoms. The van der Waals surface area contributed by atoms with Crippen molar-refractivity contribution in [2.75, 3.05) is 6.61 Å². The Morgan fingerprint density at radius 2 is 1.68 bits per heavy atom. The molecule has 106 valence electrons. The summed E-state index contributed by atoms with van der Waals surface area (Å²) in [7, 11) is 0. The van der Waals surface area contributed by atoms with Gasteiger partial charge in [-0.15, -0.1) is 0 Å². The molecule has 0 aliphatic rings. The molecule has 0 heterocycles. The van der Waals surface area contributed by atoms with Crippen LogP contribution in [0.1, 0.15) is 62.2 Å². The van der Waals surface area contributed by atoms with E-state index in [1.165, 1.54) is 32.1 Å². The topological polar surface area (TPSA) is 26.3 Å². The quantitative estimate of drug-likeness (QED) is 0.457. The van der Waals surface area contributed by atoms with Gasteiger partial charge in [-0.05, 0) is 18.6 Å². The van der Waals surface area contributed by atoms with Gasteiger partial charge in [0.1, 0.15) is 0 Å². The number of benzene rings is 1. The fourth-order valence-electron chi connectivity index (χ4n) is 1.93. The minimum absolute atomic E-state index is 0.323. The lowest BCUT2D eigenvalue weighted by molar-refractivity contribution is 0.0498. The van der Waals surface area contributed by atoms with Crippen molar-refractivity contribution in [3.63, 3.8) is 0 Å². The maximum Gasteiger partial charge on any atom is 0.339 e. The molecule has 0 atom stereocenters. The summed E-state index contributed by atoms with van der Waals surface area (Å²) in [5, 5.41) is 0.451. The molecular formula is C16H23ClO2. The van der Waals surface area contributed by atoms with Crippen molar-refractivity contribution in [2.45, 2.75) is 51.9 Å². The Hall–Kier alpha value is -1.02. The van der Waals surface area contributed by atoms with E-state index >= 15 is 0 Å². The van der Waals surface area contributed by atoms with Crippen LogP contribution in [0.15, 0.2) is 24.3 Å². The molecule has 0 aromatic heterocycles. The minimum Gasteiger partial charge on any atom is -0.462 e. The molecule has 3 heteroatoms. The molecule has 0 radical (unpaired) electrons. The molecule has 0 saturated carbocycles. The number of hydrogen-bond acceptors (Lipinski definition) is 2. The zero-order valence-corrected chi connectivity index (χ0v) is 12.4. The molecule has 2 nitrogen and oxygen atoms in total. The van der Waals surface area contributed by atoms with Crippen LogP contribution in [0, 0.1) is 0 Å². The van der Waals surface area contributed by atoms with Crippen LogP contribution in [0.3, 0.4) is 0 Å². The van der Waals surface area contributed by atoms with Gasteiger partial charge >= 0.3 is 5.97 Å². The number of unbranched alkanes of at least 4 members (excludes halogenated alkanes) is 6. The minimum atomic E-state index is -0.323. The first-order valence-electron chi connectivity index (χ1n) is 7.17. The summed E-state index contributed by atoms with van der Waals surface area (Å²) in [4.78, 5) is 11.7. The Morgan fingerprint density at radius 3 is 2.37 bits per heavy atom. The van der Waals surface area contributed by atoms with Gasteiger partial charge in [0.15, 0.2) is 0 Å². The van der Waals surface area contributed by atoms with Crippen LogP contribution in [-0.4, -0.2) is 12.6 Å². The standard InChI is InChI=1S/C16H23ClO2/c1-2-3-4-5-6-7-10-13-19-16(18)14-11-8-9-12-15(14)17/h8-9,11-12H,2-7,10,13H2,1H3. The van der Waals surface area contributed by atoms with Crippen LogP contribution in [0.5, 0.6) is 0 Å². The third kappa shape index (κ3) is 6.63. The van der Waals surface area contributed by atoms with Gasteiger partial charge < -0.3 is 4.74 Å². The maximum absolute atomic E-state index is 11.7. The summed E-state index contributed by atoms with van der Waals surface area (Å²) in [6.07, 6.45) is 8.48. The van der Waals surface area contributed by atoms with Gasteiger partial charge in [-0.1, -0.05) is 69.2 Å². The first-order chi connectivity index (χ1) is 9.25. The molecule has 0 fully saturated rings. The predicted octanol–water partition coefficient (Wildman–Crippen LogP) is 5.25. The molecule has 0 N–H and O–H groups in total. The van der Waals surface area contributed by atoms with Crippen molar-refractivity contribution < 1.29 is 9.53 Å². The van der Waals surface area contributed by atoms with E-state index in [0.29, 0.717) is 17.2 Å². The van der Waals surface area contributed by atoms with Gasteiger partial charge in [-0.3, -0.25) is 0 Å². The molecule has 0 unspecified atom stereocenters. The highest BCUT2D eigenvalue weighted by Crippen LogP contribution is 2.16. The molecule has 0 spiro atoms. The van der Waals surface area contributed by atoms with Crippen molar-refractivity contribution >= 4 is 17.6 Å². The second-order valence-electron chi connectivity index (χ2n) is 4.74. The lowest BCUT2D eigenvalue weighted by Crippen LogP contribution is -2.07. The molecular weight excluding hydrogens is 260 g/mol. The summed E-state index contributed by atoms with van der Waals surface area (Å²) < 4.78 is 5.21. The smallest absolute Gasteiger partial charge is 0.339 e. The summed E-state index contributed by atoms with van der Waals surface area (Å²) >= 11 is 5.93. The van der Waals surface area contributed by atoms with E-state index in [0.717, 1.165) is 12.8 Å². The highest BCUT2D eigenvalue weighted by molar-refractivity contribution is 6.33. The van der Waals surface area contributed by atoms with Crippen molar-refractivity contribution in [2.24, 2.45) is 0 Å². The van der Waals surface area contributed by atoms with Gasteiger partial charge in [-0.25, -0.2) is 4.79 Å². The van der Waals surface area contributed by atoms with Crippen LogP contribution in [0.2, 0.25) is 5.02 Å². The third-order valence-electron chi connectivity index (χ3n) is 3.07. The van der Waals surface area contributed by atoms with Crippen LogP contribution in [0.4, 0.5) is 0 Å². The number of halogens is 1. The van der Waals surface area contributed by atoms with Crippen molar-refractivity contribution in [1.29, 1.82) is 0 Å². The number of carbonyl (C=O) groups is 1. The SMILES string of the molecule is CCCCCCCCCOC(=O)c1ccccc1Cl. The van der Waals surface area contributed by atoms with E-state index in [1.54, 1.807) is 24.3 Å². The molecule has 0 amide bonds. The van der Waals surface area contributed by atoms with Gasteiger partial charge in [0.2, 0.25) is 0 Å². The van der Waals surface area contributed by atoms with Gasteiger partial charge in [0.25, 0.3) is 0 Å². The summed E-state index contributed by atoms with van der Waals surface area (Å²) in [5.41, 5.74) is 0.451. The van der Waals surface area contributed by atoms with E-state index in [1.807, 2.05) is 0 Å². The summed E-state index contributed by atoms with van der Waals surface area (Å²) in [6.45, 7) is 2.70. The number of carbonyl (C=O) groups excluding carboxylic acids is 1. The van der Waals surface area contributed by atoms with Crippen LogP contribution in [-0.2, 0) is 4.74 Å². The molecule has 1 rings (SSSR count). The van der Waals surface area contributed by atoms with Gasteiger partial charge in [0, 0.05) is 0 Å². The first kappa shape index (κ1) is 16.0. The van der Waals surface area contributed by atoms with Crippen LogP contribution >= 0.6 is 11.6 Å². The average Bonchev–Trinajstić information content (AvgIpc) is 2.42. The number of ether oxygens (including phenoxy) is 1. The van der Waals surface area contributed by atoms with Crippen molar-refractivity contribution in [1.82, 2.24) is 0 Å². The van der Waals surface area contributed by atoms with Gasteiger partial charge in [-0.2, -0.15) is 0 Å². The van der Waals surface area contributed by atoms with E-state index in [-0.39, 0.29) is 5.97 Å². The van der Waals surface area contributed by atoms with E-state index < -0.39 is 0 Å². The highest BCUT2D eigenvalue weighted by atomic mass is 35.5. The summed E-state index contributed by atoms with van der Waals surface area (Å²) in [6, 6.07) is 6.98. The van der Waals surface area contributed by atoms with Crippen LogP contribution in [0.25, 0.3) is 0 Å². The molecule has 0 aliphatic heterocycles. The van der Waals surface area contributed by atoms with Gasteiger partial charge in [0.05, 0.1) is 17.2 Å². The van der Waals surface area contributed by atoms with Crippen molar-refractivity contribution in [3.05, 3.63) is 34.9 Å². The largest absolute Gasteiger partial charge is 0.462 e. The Labute approximate surface area is 121 Å². The zero-order valence-electron chi connectivity index (χ0n) is 11.7. The highest BCUT2D eigenvalue weighted by Gasteiger charge is 2.10. The number of esters is 1. The lowest BCUT2D eigenvalue weighted by atomic mass is 10.1. The molecule has 0 aliphatic carbocycles. The van der Waals surface area contributed by atoms with E-state index in [4.69, 9.17) is 16.3 Å². The Bertz CT molecular complexity index is 377. The van der Waals surface area contributed by atoms with E-state index in [2.05, 4.69) is 6.92 Å². The second-order valence-corrected chi connectivity index (χ2v) is 5.14. The summed E-state index contributed by atoms with van der Waals surface area (Å²) in [5.74, 6) is -0.323. The fraction of sp³-hybridized carbons (Fsp3) is 0.562. The fourth-order valence-corrected chi connectivity index (χ4v) is 2.14. The van der Waals surface area contributed by atoms with Crippen molar-refractivity contribution in [3.8, 4) is 0 Å². The van der Waals surface area contributed by atoms with Crippen LogP contribution < -0.4 is 0 Å². The molecule has 1 aromatic carbocycles. The predicted molar refractivity (Wildman–Crippen MR) is 79.7 cm³/mol. The average molecular weight is 283 g/mol. The Kier molecular flexibility index (Phi) is 8.31. The molecule has 0 bridgehead atoms. The Morgan fingerprint density at radius 1 is 1.05 bits per heavy atom. The number of rotatable bonds is 9. The van der Waals surface area contributed by atoms with E-state index in [9.17, 15) is 4.79 Å². The Balaban J connectivity index is 2.10. The lowest BCUT2D eigenvalue weighted by Gasteiger charge is -2.06.